The molecule has 2 aromatic rings. The van der Waals surface area contributed by atoms with Gasteiger partial charge in [-0.15, -0.1) is 0 Å². The second-order valence-electron chi connectivity index (χ2n) is 5.37. The van der Waals surface area contributed by atoms with Crippen LogP contribution in [0.4, 0.5) is 5.69 Å². The van der Waals surface area contributed by atoms with Crippen LogP contribution in [0.3, 0.4) is 0 Å². The molecule has 0 heterocycles. The lowest BCUT2D eigenvalue weighted by Gasteiger charge is -2.21. The number of nitro benzene ring substituents is 1. The molecular weight excluding hydrogens is 296 g/mol. The van der Waals surface area contributed by atoms with E-state index in [-0.39, 0.29) is 11.3 Å². The fourth-order valence-corrected chi connectivity index (χ4v) is 2.27. The molecule has 0 aromatic heterocycles. The molecule has 0 saturated heterocycles. The molecule has 1 amide bonds. The Hall–Kier alpha value is -2.73. The predicted molar refractivity (Wildman–Crippen MR) is 86.2 cm³/mol. The Morgan fingerprint density at radius 3 is 2.48 bits per heavy atom. The Balaban J connectivity index is 2.15. The molecule has 1 unspecified atom stereocenters. The SMILES string of the molecule is Cc1ccc([N+](=O)[O-])cc1C(=O)NC(C)[C@@H](O)c1ccccc1. The molecule has 0 aliphatic carbocycles. The van der Waals surface area contributed by atoms with E-state index in [0.717, 1.165) is 0 Å². The van der Waals surface area contributed by atoms with E-state index in [0.29, 0.717) is 11.1 Å². The zero-order valence-corrected chi connectivity index (χ0v) is 12.9. The first-order valence-electron chi connectivity index (χ1n) is 7.19. The van der Waals surface area contributed by atoms with Gasteiger partial charge in [0.2, 0.25) is 0 Å². The van der Waals surface area contributed by atoms with Crippen LogP contribution in [0.2, 0.25) is 0 Å². The highest BCUT2D eigenvalue weighted by molar-refractivity contribution is 5.96. The summed E-state index contributed by atoms with van der Waals surface area (Å²) in [5.41, 5.74) is 1.41. The maximum absolute atomic E-state index is 12.3. The summed E-state index contributed by atoms with van der Waals surface area (Å²) in [5, 5.41) is 23.8. The van der Waals surface area contributed by atoms with Crippen molar-refractivity contribution >= 4 is 11.6 Å². The van der Waals surface area contributed by atoms with Crippen molar-refractivity contribution < 1.29 is 14.8 Å². The van der Waals surface area contributed by atoms with Crippen LogP contribution in [-0.4, -0.2) is 22.0 Å². The van der Waals surface area contributed by atoms with Gasteiger partial charge in [0.05, 0.1) is 17.1 Å². The molecule has 6 nitrogen and oxygen atoms in total. The van der Waals surface area contributed by atoms with Gasteiger partial charge in [-0.1, -0.05) is 36.4 Å². The Morgan fingerprint density at radius 1 is 1.22 bits per heavy atom. The van der Waals surface area contributed by atoms with Crippen LogP contribution in [0, 0.1) is 17.0 Å². The molecule has 0 spiro atoms. The van der Waals surface area contributed by atoms with Crippen molar-refractivity contribution in [2.75, 3.05) is 0 Å². The zero-order valence-electron chi connectivity index (χ0n) is 12.9. The minimum Gasteiger partial charge on any atom is -0.386 e. The third kappa shape index (κ3) is 3.92. The standard InChI is InChI=1S/C17H18N2O4/c1-11-8-9-14(19(22)23)10-15(11)17(21)18-12(2)16(20)13-6-4-3-5-7-13/h3-10,12,16,20H,1-2H3,(H,18,21)/t12?,16-/m1/s1. The van der Waals surface area contributed by atoms with E-state index in [1.165, 1.54) is 18.2 Å². The molecule has 0 saturated carbocycles. The molecule has 0 aliphatic rings. The third-order valence-corrected chi connectivity index (χ3v) is 3.65. The summed E-state index contributed by atoms with van der Waals surface area (Å²) in [7, 11) is 0. The number of hydrogen-bond donors (Lipinski definition) is 2. The van der Waals surface area contributed by atoms with Crippen molar-refractivity contribution in [1.29, 1.82) is 0 Å². The summed E-state index contributed by atoms with van der Waals surface area (Å²) in [6, 6.07) is 12.6. The number of rotatable bonds is 5. The van der Waals surface area contributed by atoms with Crippen molar-refractivity contribution in [3.63, 3.8) is 0 Å². The predicted octanol–water partition coefficient (Wildman–Crippen LogP) is 2.76. The molecule has 0 aliphatic heterocycles. The highest BCUT2D eigenvalue weighted by Crippen LogP contribution is 2.19. The summed E-state index contributed by atoms with van der Waals surface area (Å²) in [6.07, 6.45) is -0.862. The molecule has 2 aromatic carbocycles. The largest absolute Gasteiger partial charge is 0.386 e. The highest BCUT2D eigenvalue weighted by atomic mass is 16.6. The second-order valence-corrected chi connectivity index (χ2v) is 5.37. The highest BCUT2D eigenvalue weighted by Gasteiger charge is 2.21. The van der Waals surface area contributed by atoms with Crippen LogP contribution < -0.4 is 5.32 Å². The van der Waals surface area contributed by atoms with Crippen molar-refractivity contribution in [2.24, 2.45) is 0 Å². The second kappa shape index (κ2) is 7.02. The summed E-state index contributed by atoms with van der Waals surface area (Å²) >= 11 is 0. The quantitative estimate of drug-likeness (QED) is 0.655. The average molecular weight is 314 g/mol. The smallest absolute Gasteiger partial charge is 0.270 e. The molecule has 0 bridgehead atoms. The van der Waals surface area contributed by atoms with Gasteiger partial charge in [-0.2, -0.15) is 0 Å². The van der Waals surface area contributed by atoms with Gasteiger partial charge >= 0.3 is 0 Å². The lowest BCUT2D eigenvalue weighted by Crippen LogP contribution is -2.37. The number of aliphatic hydroxyl groups excluding tert-OH is 1. The maximum Gasteiger partial charge on any atom is 0.270 e. The minimum atomic E-state index is -0.862. The fourth-order valence-electron chi connectivity index (χ4n) is 2.27. The normalized spacial score (nSPS) is 13.2. The van der Waals surface area contributed by atoms with E-state index in [1.807, 2.05) is 6.07 Å². The minimum absolute atomic E-state index is 0.142. The zero-order chi connectivity index (χ0) is 17.0. The van der Waals surface area contributed by atoms with Crippen LogP contribution in [0.15, 0.2) is 48.5 Å². The number of nitrogens with one attached hydrogen (secondary N) is 1. The van der Waals surface area contributed by atoms with Crippen molar-refractivity contribution in [3.05, 3.63) is 75.3 Å². The van der Waals surface area contributed by atoms with Gasteiger partial charge in [-0.25, -0.2) is 0 Å². The number of carbonyl (C=O) groups is 1. The van der Waals surface area contributed by atoms with E-state index in [1.54, 1.807) is 38.1 Å². The number of nitro groups is 1. The van der Waals surface area contributed by atoms with Crippen LogP contribution in [0.1, 0.15) is 34.5 Å². The Bertz CT molecular complexity index is 716. The van der Waals surface area contributed by atoms with E-state index in [2.05, 4.69) is 5.32 Å². The molecule has 23 heavy (non-hydrogen) atoms. The van der Waals surface area contributed by atoms with E-state index < -0.39 is 23.0 Å². The maximum atomic E-state index is 12.3. The van der Waals surface area contributed by atoms with E-state index in [4.69, 9.17) is 0 Å². The molecule has 2 atom stereocenters. The number of aliphatic hydroxyl groups is 1. The Kier molecular flexibility index (Phi) is 5.08. The Morgan fingerprint density at radius 2 is 1.87 bits per heavy atom. The van der Waals surface area contributed by atoms with Gasteiger partial charge in [-0.05, 0) is 25.0 Å². The topological polar surface area (TPSA) is 92.5 Å². The van der Waals surface area contributed by atoms with Gasteiger partial charge < -0.3 is 10.4 Å². The number of non-ortho nitro benzene ring substituents is 1. The van der Waals surface area contributed by atoms with Gasteiger partial charge in [0, 0.05) is 17.7 Å². The Labute approximate surface area is 133 Å². The molecule has 2 rings (SSSR count). The molecule has 0 radical (unpaired) electrons. The van der Waals surface area contributed by atoms with Crippen LogP contribution in [0.5, 0.6) is 0 Å². The van der Waals surface area contributed by atoms with E-state index in [9.17, 15) is 20.0 Å². The first-order chi connectivity index (χ1) is 10.9. The van der Waals surface area contributed by atoms with Crippen molar-refractivity contribution in [2.45, 2.75) is 26.0 Å². The van der Waals surface area contributed by atoms with Gasteiger partial charge in [0.15, 0.2) is 0 Å². The van der Waals surface area contributed by atoms with Crippen molar-refractivity contribution in [1.82, 2.24) is 5.32 Å². The lowest BCUT2D eigenvalue weighted by atomic mass is 10.0. The van der Waals surface area contributed by atoms with Crippen LogP contribution >= 0.6 is 0 Å². The van der Waals surface area contributed by atoms with Crippen LogP contribution in [-0.2, 0) is 0 Å². The van der Waals surface area contributed by atoms with Crippen molar-refractivity contribution in [3.8, 4) is 0 Å². The summed E-state index contributed by atoms with van der Waals surface area (Å²) in [5.74, 6) is -0.450. The number of nitrogens with zero attached hydrogens (tertiary/aromatic N) is 1. The summed E-state index contributed by atoms with van der Waals surface area (Å²) in [6.45, 7) is 3.39. The van der Waals surface area contributed by atoms with Gasteiger partial charge in [-0.3, -0.25) is 14.9 Å². The van der Waals surface area contributed by atoms with Gasteiger partial charge in [0.25, 0.3) is 11.6 Å². The molecule has 0 fully saturated rings. The third-order valence-electron chi connectivity index (χ3n) is 3.65. The average Bonchev–Trinajstić information content (AvgIpc) is 2.54. The molecule has 2 N–H and O–H groups in total. The first kappa shape index (κ1) is 16.6. The number of amides is 1. The lowest BCUT2D eigenvalue weighted by molar-refractivity contribution is -0.384. The number of hydrogen-bond acceptors (Lipinski definition) is 4. The van der Waals surface area contributed by atoms with E-state index >= 15 is 0 Å². The number of carbonyl (C=O) groups excluding carboxylic acids is 1. The molecule has 6 heteroatoms. The summed E-state index contributed by atoms with van der Waals surface area (Å²) < 4.78 is 0. The number of aryl methyl sites for hydroxylation is 1. The van der Waals surface area contributed by atoms with Gasteiger partial charge in [0.1, 0.15) is 0 Å². The first-order valence-corrected chi connectivity index (χ1v) is 7.19. The molecule has 120 valence electrons. The fraction of sp³-hybridized carbons (Fsp3) is 0.235. The van der Waals surface area contributed by atoms with Crippen LogP contribution in [0.25, 0.3) is 0 Å². The molecular formula is C17H18N2O4. The summed E-state index contributed by atoms with van der Waals surface area (Å²) in [4.78, 5) is 22.6. The monoisotopic (exact) mass is 314 g/mol. The number of benzene rings is 2.